The van der Waals surface area contributed by atoms with E-state index < -0.39 is 16.6 Å². The Kier molecular flexibility index (Phi) is 5.24. The number of carbonyl (C=O) groups is 1. The normalized spacial score (nSPS) is 11.6. The summed E-state index contributed by atoms with van der Waals surface area (Å²) in [5, 5.41) is 16.8. The minimum Gasteiger partial charge on any atom is -0.444 e. The van der Waals surface area contributed by atoms with Crippen LogP contribution in [0.3, 0.4) is 0 Å². The van der Waals surface area contributed by atoms with Crippen LogP contribution in [0.5, 0.6) is 0 Å². The number of nitrogens with zero attached hydrogens (tertiary/aromatic N) is 3. The second-order valence-electron chi connectivity index (χ2n) is 5.07. The lowest BCUT2D eigenvalue weighted by molar-refractivity contribution is -0.400. The van der Waals surface area contributed by atoms with Crippen LogP contribution in [0, 0.1) is 10.1 Å². The fraction of sp³-hybridized carbons (Fsp3) is 0.500. The van der Waals surface area contributed by atoms with Crippen LogP contribution in [0.15, 0.2) is 18.6 Å². The Labute approximate surface area is 116 Å². The minimum absolute atomic E-state index is 0.356. The predicted octanol–water partition coefficient (Wildman–Crippen LogP) is 1.66. The number of nitro groups is 1. The van der Waals surface area contributed by atoms with Crippen molar-refractivity contribution in [3.8, 4) is 0 Å². The summed E-state index contributed by atoms with van der Waals surface area (Å²) in [4.78, 5) is 21.0. The van der Waals surface area contributed by atoms with Gasteiger partial charge in [0.1, 0.15) is 5.60 Å². The number of amides is 1. The lowest BCUT2D eigenvalue weighted by atomic mass is 10.2. The molecular weight excluding hydrogens is 264 g/mol. The van der Waals surface area contributed by atoms with Crippen molar-refractivity contribution < 1.29 is 14.5 Å². The van der Waals surface area contributed by atoms with Gasteiger partial charge in [-0.1, -0.05) is 0 Å². The first kappa shape index (κ1) is 15.7. The van der Waals surface area contributed by atoms with E-state index in [2.05, 4.69) is 10.4 Å². The van der Waals surface area contributed by atoms with Crippen molar-refractivity contribution in [3.63, 3.8) is 0 Å². The van der Waals surface area contributed by atoms with Crippen LogP contribution in [0.25, 0.3) is 6.08 Å². The third kappa shape index (κ3) is 6.53. The fourth-order valence-corrected chi connectivity index (χ4v) is 1.32. The molecule has 0 aliphatic heterocycles. The topological polar surface area (TPSA) is 99.3 Å². The Hall–Kier alpha value is -2.38. The molecule has 1 heterocycles. The molecule has 0 radical (unpaired) electrons. The van der Waals surface area contributed by atoms with Gasteiger partial charge in [0.25, 0.3) is 0 Å². The predicted molar refractivity (Wildman–Crippen MR) is 72.5 cm³/mol. The summed E-state index contributed by atoms with van der Waals surface area (Å²) in [6.45, 7) is 6.16. The monoisotopic (exact) mass is 282 g/mol. The largest absolute Gasteiger partial charge is 0.444 e. The van der Waals surface area contributed by atoms with Crippen LogP contribution in [0.2, 0.25) is 0 Å². The van der Waals surface area contributed by atoms with E-state index in [4.69, 9.17) is 4.74 Å². The highest BCUT2D eigenvalue weighted by molar-refractivity contribution is 5.67. The number of carbonyl (C=O) groups excluding carboxylic acids is 1. The Bertz CT molecular complexity index is 502. The first-order valence-corrected chi connectivity index (χ1v) is 6.07. The summed E-state index contributed by atoms with van der Waals surface area (Å²) in [5.74, 6) is 0. The summed E-state index contributed by atoms with van der Waals surface area (Å²) >= 11 is 0. The molecule has 8 nitrogen and oxygen atoms in total. The Morgan fingerprint density at radius 2 is 2.30 bits per heavy atom. The van der Waals surface area contributed by atoms with Gasteiger partial charge in [0.2, 0.25) is 6.20 Å². The van der Waals surface area contributed by atoms with E-state index in [1.807, 2.05) is 0 Å². The number of aromatic nitrogens is 2. The molecule has 20 heavy (non-hydrogen) atoms. The third-order valence-corrected chi connectivity index (χ3v) is 2.05. The lowest BCUT2D eigenvalue weighted by Gasteiger charge is -2.19. The number of rotatable bonds is 5. The van der Waals surface area contributed by atoms with Crippen molar-refractivity contribution in [1.82, 2.24) is 15.1 Å². The molecule has 0 saturated heterocycles. The lowest BCUT2D eigenvalue weighted by Crippen LogP contribution is -2.34. The Morgan fingerprint density at radius 3 is 2.90 bits per heavy atom. The van der Waals surface area contributed by atoms with E-state index in [0.29, 0.717) is 18.7 Å². The number of ether oxygens (including phenoxy) is 1. The Balaban J connectivity index is 2.36. The summed E-state index contributed by atoms with van der Waals surface area (Å²) in [5.41, 5.74) is 0.0926. The van der Waals surface area contributed by atoms with Crippen molar-refractivity contribution >= 4 is 12.2 Å². The number of hydrogen-bond acceptors (Lipinski definition) is 5. The number of hydrogen-bond donors (Lipinski definition) is 1. The molecule has 0 spiro atoms. The molecule has 0 saturated carbocycles. The maximum Gasteiger partial charge on any atom is 0.407 e. The SMILES string of the molecule is CC(C)(C)OC(=O)NCCn1cc(/C=C/[N+](=O)[O-])cn1. The molecule has 8 heteroatoms. The van der Waals surface area contributed by atoms with Gasteiger partial charge in [-0.15, -0.1) is 0 Å². The molecule has 0 aromatic carbocycles. The smallest absolute Gasteiger partial charge is 0.407 e. The second kappa shape index (κ2) is 6.69. The van der Waals surface area contributed by atoms with Crippen molar-refractivity contribution in [2.45, 2.75) is 32.9 Å². The van der Waals surface area contributed by atoms with Gasteiger partial charge in [-0.25, -0.2) is 4.79 Å². The first-order valence-electron chi connectivity index (χ1n) is 6.07. The van der Waals surface area contributed by atoms with Crippen LogP contribution in [0.4, 0.5) is 4.79 Å². The molecule has 0 atom stereocenters. The van der Waals surface area contributed by atoms with Crippen LogP contribution < -0.4 is 5.32 Å². The highest BCUT2D eigenvalue weighted by Crippen LogP contribution is 2.06. The van der Waals surface area contributed by atoms with E-state index in [-0.39, 0.29) is 0 Å². The quantitative estimate of drug-likeness (QED) is 0.654. The zero-order chi connectivity index (χ0) is 15.2. The van der Waals surface area contributed by atoms with Gasteiger partial charge in [0.15, 0.2) is 0 Å². The molecule has 1 rings (SSSR count). The van der Waals surface area contributed by atoms with Crippen molar-refractivity contribution in [2.75, 3.05) is 6.54 Å². The van der Waals surface area contributed by atoms with E-state index >= 15 is 0 Å². The van der Waals surface area contributed by atoms with E-state index in [9.17, 15) is 14.9 Å². The van der Waals surface area contributed by atoms with Crippen LogP contribution in [-0.4, -0.2) is 32.9 Å². The molecule has 1 amide bonds. The van der Waals surface area contributed by atoms with E-state index in [1.165, 1.54) is 12.3 Å². The molecule has 0 aliphatic rings. The highest BCUT2D eigenvalue weighted by Gasteiger charge is 2.15. The summed E-state index contributed by atoms with van der Waals surface area (Å²) in [6, 6.07) is 0. The van der Waals surface area contributed by atoms with E-state index in [1.54, 1.807) is 31.6 Å². The minimum atomic E-state index is -0.540. The maximum absolute atomic E-state index is 11.4. The summed E-state index contributed by atoms with van der Waals surface area (Å²) in [7, 11) is 0. The number of nitrogens with one attached hydrogen (secondary N) is 1. The second-order valence-corrected chi connectivity index (χ2v) is 5.07. The van der Waals surface area contributed by atoms with Crippen molar-refractivity contribution in [1.29, 1.82) is 0 Å². The van der Waals surface area contributed by atoms with Gasteiger partial charge < -0.3 is 10.1 Å². The molecular formula is C12H18N4O4. The van der Waals surface area contributed by atoms with Crippen LogP contribution >= 0.6 is 0 Å². The van der Waals surface area contributed by atoms with Gasteiger partial charge in [0, 0.05) is 24.4 Å². The standard InChI is InChI=1S/C12H18N4O4/c1-12(2,3)20-11(17)13-5-7-15-9-10(8-14-15)4-6-16(18)19/h4,6,8-9H,5,7H2,1-3H3,(H,13,17)/b6-4+. The zero-order valence-electron chi connectivity index (χ0n) is 11.7. The van der Waals surface area contributed by atoms with Gasteiger partial charge in [-0.2, -0.15) is 5.10 Å². The maximum atomic E-state index is 11.4. The van der Waals surface area contributed by atoms with E-state index in [0.717, 1.165) is 6.20 Å². The molecule has 1 aromatic rings. The average molecular weight is 282 g/mol. The van der Waals surface area contributed by atoms with Crippen molar-refractivity contribution in [2.24, 2.45) is 0 Å². The van der Waals surface area contributed by atoms with Crippen molar-refractivity contribution in [3.05, 3.63) is 34.3 Å². The number of alkyl carbamates (subject to hydrolysis) is 1. The molecule has 110 valence electrons. The molecule has 1 aromatic heterocycles. The summed E-state index contributed by atoms with van der Waals surface area (Å²) < 4.78 is 6.66. The third-order valence-electron chi connectivity index (χ3n) is 2.05. The van der Waals surface area contributed by atoms with Gasteiger partial charge in [-0.05, 0) is 20.8 Å². The Morgan fingerprint density at radius 1 is 1.60 bits per heavy atom. The zero-order valence-corrected chi connectivity index (χ0v) is 11.7. The average Bonchev–Trinajstić information content (AvgIpc) is 2.72. The fourth-order valence-electron chi connectivity index (χ4n) is 1.32. The molecule has 0 bridgehead atoms. The molecule has 0 aliphatic carbocycles. The molecule has 0 unspecified atom stereocenters. The van der Waals surface area contributed by atoms with Crippen LogP contribution in [-0.2, 0) is 11.3 Å². The van der Waals surface area contributed by atoms with Gasteiger partial charge in [-0.3, -0.25) is 14.8 Å². The first-order chi connectivity index (χ1) is 9.26. The summed E-state index contributed by atoms with van der Waals surface area (Å²) in [6.07, 6.45) is 4.87. The van der Waals surface area contributed by atoms with Crippen LogP contribution in [0.1, 0.15) is 26.3 Å². The van der Waals surface area contributed by atoms with Gasteiger partial charge in [0.05, 0.1) is 17.7 Å². The van der Waals surface area contributed by atoms with Gasteiger partial charge >= 0.3 is 6.09 Å². The highest BCUT2D eigenvalue weighted by atomic mass is 16.6. The molecule has 0 fully saturated rings. The molecule has 1 N–H and O–H groups in total.